The van der Waals surface area contributed by atoms with Gasteiger partial charge >= 0.3 is 0 Å². The molecule has 0 aliphatic heterocycles. The zero-order valence-electron chi connectivity index (χ0n) is 12.5. The number of halogens is 1. The molecular weight excluding hydrogens is 328 g/mol. The summed E-state index contributed by atoms with van der Waals surface area (Å²) in [7, 11) is 0. The van der Waals surface area contributed by atoms with E-state index in [1.165, 1.54) is 11.1 Å². The molecule has 2 rings (SSSR count). The maximum atomic E-state index is 11.2. The fourth-order valence-corrected chi connectivity index (χ4v) is 2.52. The number of primary amides is 1. The van der Waals surface area contributed by atoms with Gasteiger partial charge in [-0.3, -0.25) is 4.79 Å². The first-order valence-corrected chi connectivity index (χ1v) is 7.57. The second-order valence-electron chi connectivity index (χ2n) is 5.28. The first kappa shape index (κ1) is 15.6. The minimum atomic E-state index is -0.392. The molecule has 0 fully saturated rings. The first-order chi connectivity index (χ1) is 9.88. The van der Waals surface area contributed by atoms with E-state index in [1.54, 1.807) is 6.07 Å². The van der Waals surface area contributed by atoms with Crippen molar-refractivity contribution in [1.29, 1.82) is 0 Å². The van der Waals surface area contributed by atoms with Gasteiger partial charge in [0, 0.05) is 22.3 Å². The molecule has 0 heterocycles. The van der Waals surface area contributed by atoms with Crippen molar-refractivity contribution in [2.24, 2.45) is 5.73 Å². The smallest absolute Gasteiger partial charge is 0.248 e. The van der Waals surface area contributed by atoms with Crippen LogP contribution in [0.25, 0.3) is 0 Å². The fourth-order valence-electron chi connectivity index (χ4n) is 2.29. The first-order valence-electron chi connectivity index (χ1n) is 6.78. The summed E-state index contributed by atoms with van der Waals surface area (Å²) in [6, 6.07) is 9.78. The largest absolute Gasteiger partial charge is 0.381 e. The molecule has 0 bridgehead atoms. The number of benzene rings is 2. The number of aryl methyl sites for hydroxylation is 3. The van der Waals surface area contributed by atoms with Crippen LogP contribution in [0.3, 0.4) is 0 Å². The number of anilines is 1. The molecule has 0 aliphatic rings. The molecule has 0 saturated heterocycles. The molecule has 1 amide bonds. The molecule has 0 atom stereocenters. The van der Waals surface area contributed by atoms with Crippen LogP contribution in [0.1, 0.15) is 32.6 Å². The summed E-state index contributed by atoms with van der Waals surface area (Å²) in [6.07, 6.45) is 0. The van der Waals surface area contributed by atoms with E-state index in [2.05, 4.69) is 47.2 Å². The van der Waals surface area contributed by atoms with E-state index in [0.717, 1.165) is 21.3 Å². The van der Waals surface area contributed by atoms with Crippen molar-refractivity contribution in [2.45, 2.75) is 27.3 Å². The highest BCUT2D eigenvalue weighted by molar-refractivity contribution is 9.10. The number of nitrogens with two attached hydrogens (primary N) is 1. The number of carbonyl (C=O) groups is 1. The molecule has 0 unspecified atom stereocenters. The maximum absolute atomic E-state index is 11.2. The lowest BCUT2D eigenvalue weighted by molar-refractivity contribution is 0.1000. The molecular formula is C17H19BrN2O. The number of hydrogen-bond acceptors (Lipinski definition) is 2. The summed E-state index contributed by atoms with van der Waals surface area (Å²) < 4.78 is 1.15. The highest BCUT2D eigenvalue weighted by Crippen LogP contribution is 2.25. The van der Waals surface area contributed by atoms with Crippen LogP contribution in [0.15, 0.2) is 34.8 Å². The minimum Gasteiger partial charge on any atom is -0.381 e. The summed E-state index contributed by atoms with van der Waals surface area (Å²) in [5.41, 5.74) is 11.5. The van der Waals surface area contributed by atoms with Crippen molar-refractivity contribution in [1.82, 2.24) is 0 Å². The molecule has 4 heteroatoms. The Bertz CT molecular complexity index is 672. The van der Waals surface area contributed by atoms with Gasteiger partial charge in [-0.2, -0.15) is 0 Å². The predicted octanol–water partition coefficient (Wildman–Crippen LogP) is 4.09. The van der Waals surface area contributed by atoms with Crippen LogP contribution in [0.5, 0.6) is 0 Å². The summed E-state index contributed by atoms with van der Waals surface area (Å²) in [5, 5.41) is 3.42. The van der Waals surface area contributed by atoms with Gasteiger partial charge in [-0.25, -0.2) is 0 Å². The third kappa shape index (κ3) is 3.64. The van der Waals surface area contributed by atoms with Crippen LogP contribution in [0.2, 0.25) is 0 Å². The third-order valence-electron chi connectivity index (χ3n) is 3.55. The van der Waals surface area contributed by atoms with Crippen molar-refractivity contribution < 1.29 is 4.79 Å². The van der Waals surface area contributed by atoms with Gasteiger partial charge in [0.25, 0.3) is 0 Å². The van der Waals surface area contributed by atoms with Crippen LogP contribution >= 0.6 is 15.9 Å². The monoisotopic (exact) mass is 346 g/mol. The minimum absolute atomic E-state index is 0.392. The van der Waals surface area contributed by atoms with Crippen molar-refractivity contribution in [2.75, 3.05) is 5.32 Å². The SMILES string of the molecule is Cc1cc(C(N)=O)ccc1CNc1cc(C)c(Br)c(C)c1. The lowest BCUT2D eigenvalue weighted by Crippen LogP contribution is -2.11. The standard InChI is InChI=1S/C17H19BrN2O/c1-10-6-13(17(19)21)4-5-14(10)9-20-15-7-11(2)16(18)12(3)8-15/h4-8,20H,9H2,1-3H3,(H2,19,21). The zero-order valence-corrected chi connectivity index (χ0v) is 14.0. The summed E-state index contributed by atoms with van der Waals surface area (Å²) in [6.45, 7) is 6.86. The lowest BCUT2D eigenvalue weighted by atomic mass is 10.0. The third-order valence-corrected chi connectivity index (χ3v) is 4.80. The number of rotatable bonds is 4. The van der Waals surface area contributed by atoms with Crippen molar-refractivity contribution in [3.63, 3.8) is 0 Å². The Morgan fingerprint density at radius 3 is 2.24 bits per heavy atom. The van der Waals surface area contributed by atoms with E-state index in [1.807, 2.05) is 19.1 Å². The second-order valence-corrected chi connectivity index (χ2v) is 6.08. The summed E-state index contributed by atoms with van der Waals surface area (Å²) in [4.78, 5) is 11.2. The van der Waals surface area contributed by atoms with Gasteiger partial charge < -0.3 is 11.1 Å². The topological polar surface area (TPSA) is 55.1 Å². The molecule has 21 heavy (non-hydrogen) atoms. The molecule has 2 aromatic rings. The van der Waals surface area contributed by atoms with Crippen LogP contribution in [-0.4, -0.2) is 5.91 Å². The summed E-state index contributed by atoms with van der Waals surface area (Å²) >= 11 is 3.57. The average Bonchev–Trinajstić information content (AvgIpc) is 2.43. The molecule has 3 nitrogen and oxygen atoms in total. The Morgan fingerprint density at radius 2 is 1.71 bits per heavy atom. The van der Waals surface area contributed by atoms with Crippen LogP contribution in [-0.2, 0) is 6.54 Å². The van der Waals surface area contributed by atoms with Gasteiger partial charge in [0.2, 0.25) is 5.91 Å². The number of amides is 1. The second kappa shape index (κ2) is 6.31. The Hall–Kier alpha value is -1.81. The molecule has 0 saturated carbocycles. The van der Waals surface area contributed by atoms with Gasteiger partial charge in [0.05, 0.1) is 0 Å². The quantitative estimate of drug-likeness (QED) is 0.875. The van der Waals surface area contributed by atoms with Crippen LogP contribution in [0.4, 0.5) is 5.69 Å². The van der Waals surface area contributed by atoms with Crippen molar-refractivity contribution >= 4 is 27.5 Å². The van der Waals surface area contributed by atoms with Gasteiger partial charge in [-0.1, -0.05) is 22.0 Å². The molecule has 110 valence electrons. The summed E-state index contributed by atoms with van der Waals surface area (Å²) in [5.74, 6) is -0.392. The maximum Gasteiger partial charge on any atom is 0.248 e. The van der Waals surface area contributed by atoms with Crippen LogP contribution in [0, 0.1) is 20.8 Å². The highest BCUT2D eigenvalue weighted by atomic mass is 79.9. The molecule has 2 aromatic carbocycles. The molecule has 0 spiro atoms. The van der Waals surface area contributed by atoms with Gasteiger partial charge in [-0.05, 0) is 67.3 Å². The molecule has 0 radical (unpaired) electrons. The molecule has 0 aliphatic carbocycles. The normalized spacial score (nSPS) is 10.5. The predicted molar refractivity (Wildman–Crippen MR) is 90.6 cm³/mol. The lowest BCUT2D eigenvalue weighted by Gasteiger charge is -2.12. The number of nitrogens with one attached hydrogen (secondary N) is 1. The van der Waals surface area contributed by atoms with E-state index >= 15 is 0 Å². The molecule has 0 aromatic heterocycles. The van der Waals surface area contributed by atoms with E-state index in [-0.39, 0.29) is 0 Å². The van der Waals surface area contributed by atoms with E-state index in [9.17, 15) is 4.79 Å². The number of hydrogen-bond donors (Lipinski definition) is 2. The van der Waals surface area contributed by atoms with Crippen molar-refractivity contribution in [3.05, 3.63) is 62.6 Å². The van der Waals surface area contributed by atoms with Crippen LogP contribution < -0.4 is 11.1 Å². The Balaban J connectivity index is 2.15. The van der Waals surface area contributed by atoms with E-state index in [4.69, 9.17) is 5.73 Å². The van der Waals surface area contributed by atoms with E-state index < -0.39 is 5.91 Å². The van der Waals surface area contributed by atoms with Gasteiger partial charge in [-0.15, -0.1) is 0 Å². The van der Waals surface area contributed by atoms with Crippen molar-refractivity contribution in [3.8, 4) is 0 Å². The van der Waals surface area contributed by atoms with E-state index in [0.29, 0.717) is 12.1 Å². The zero-order chi connectivity index (χ0) is 15.6. The van der Waals surface area contributed by atoms with Gasteiger partial charge in [0.1, 0.15) is 0 Å². The Morgan fingerprint density at radius 1 is 1.10 bits per heavy atom. The highest BCUT2D eigenvalue weighted by Gasteiger charge is 2.06. The molecule has 3 N–H and O–H groups in total. The Kier molecular flexibility index (Phi) is 4.68. The average molecular weight is 347 g/mol. The fraction of sp³-hybridized carbons (Fsp3) is 0.235. The number of carbonyl (C=O) groups excluding carboxylic acids is 1. The Labute approximate surface area is 133 Å². The van der Waals surface area contributed by atoms with Gasteiger partial charge in [0.15, 0.2) is 0 Å².